The van der Waals surface area contributed by atoms with E-state index in [4.69, 9.17) is 23.7 Å². The fraction of sp³-hybridized carbons (Fsp3) is 0.407. The maximum atomic E-state index is 12.7. The van der Waals surface area contributed by atoms with E-state index in [0.29, 0.717) is 38.7 Å². The van der Waals surface area contributed by atoms with Crippen LogP contribution >= 0.6 is 0 Å². The van der Waals surface area contributed by atoms with Crippen molar-refractivity contribution in [1.29, 1.82) is 0 Å². The first-order valence-electron chi connectivity index (χ1n) is 11.8. The molecule has 0 bridgehead atoms. The zero-order valence-electron chi connectivity index (χ0n) is 22.2. The van der Waals surface area contributed by atoms with E-state index in [-0.39, 0.29) is 18.3 Å². The summed E-state index contributed by atoms with van der Waals surface area (Å²) < 4.78 is 27.7. The molecule has 1 N–H and O–H groups in total. The Morgan fingerprint density at radius 2 is 1.39 bits per heavy atom. The van der Waals surface area contributed by atoms with Crippen LogP contribution in [0.15, 0.2) is 36.4 Å². The zero-order valence-corrected chi connectivity index (χ0v) is 22.2. The van der Waals surface area contributed by atoms with E-state index in [1.807, 2.05) is 0 Å². The second-order valence-corrected chi connectivity index (χ2v) is 8.06. The SMILES string of the molecule is CC[N+](CC)(CC)CC(=O)Oc1cc(NC(=O)/C=C/c2c(OC)cc(OC)cc2OC)ccc1OC. The summed E-state index contributed by atoms with van der Waals surface area (Å²) in [5.74, 6) is 1.44. The van der Waals surface area contributed by atoms with Crippen LogP contribution in [0, 0.1) is 0 Å². The summed E-state index contributed by atoms with van der Waals surface area (Å²) in [6.45, 7) is 8.89. The summed E-state index contributed by atoms with van der Waals surface area (Å²) in [4.78, 5) is 25.4. The van der Waals surface area contributed by atoms with E-state index in [1.54, 1.807) is 43.5 Å². The Morgan fingerprint density at radius 3 is 1.89 bits per heavy atom. The molecule has 2 aromatic carbocycles. The molecule has 196 valence electrons. The molecule has 2 aromatic rings. The Labute approximate surface area is 213 Å². The number of carbonyl (C=O) groups excluding carboxylic acids is 2. The third kappa shape index (κ3) is 7.14. The third-order valence-electron chi connectivity index (χ3n) is 6.29. The number of hydrogen-bond acceptors (Lipinski definition) is 7. The second-order valence-electron chi connectivity index (χ2n) is 8.06. The summed E-state index contributed by atoms with van der Waals surface area (Å²) in [6, 6.07) is 8.27. The number of likely N-dealkylation sites (N-methyl/N-ethyl adjacent to an activating group) is 1. The van der Waals surface area contributed by atoms with Crippen LogP contribution in [0.1, 0.15) is 26.3 Å². The summed E-state index contributed by atoms with van der Waals surface area (Å²) in [6.07, 6.45) is 2.95. The molecule has 0 aliphatic heterocycles. The second kappa shape index (κ2) is 13.4. The van der Waals surface area contributed by atoms with E-state index in [2.05, 4.69) is 26.1 Å². The van der Waals surface area contributed by atoms with Crippen molar-refractivity contribution in [1.82, 2.24) is 0 Å². The lowest BCUT2D eigenvalue weighted by atomic mass is 10.1. The Bertz CT molecular complexity index is 1040. The van der Waals surface area contributed by atoms with Crippen LogP contribution in [0.4, 0.5) is 5.69 Å². The first-order chi connectivity index (χ1) is 17.3. The Morgan fingerprint density at radius 1 is 0.806 bits per heavy atom. The molecule has 36 heavy (non-hydrogen) atoms. The van der Waals surface area contributed by atoms with E-state index in [0.717, 1.165) is 19.6 Å². The topological polar surface area (TPSA) is 92.3 Å². The molecule has 9 nitrogen and oxygen atoms in total. The lowest BCUT2D eigenvalue weighted by Gasteiger charge is -2.34. The molecule has 0 saturated carbocycles. The maximum Gasteiger partial charge on any atom is 0.367 e. The molecule has 0 radical (unpaired) electrons. The van der Waals surface area contributed by atoms with Crippen LogP contribution in [-0.4, -0.2) is 71.0 Å². The first-order valence-corrected chi connectivity index (χ1v) is 11.8. The Hall–Kier alpha value is -3.72. The number of anilines is 1. The average molecular weight is 502 g/mol. The highest BCUT2D eigenvalue weighted by molar-refractivity contribution is 6.02. The van der Waals surface area contributed by atoms with E-state index >= 15 is 0 Å². The van der Waals surface area contributed by atoms with Gasteiger partial charge in [-0.05, 0) is 39.0 Å². The largest absolute Gasteiger partial charge is 0.496 e. The molecule has 0 atom stereocenters. The number of ether oxygens (including phenoxy) is 5. The summed E-state index contributed by atoms with van der Waals surface area (Å²) in [7, 11) is 6.09. The highest BCUT2D eigenvalue weighted by Crippen LogP contribution is 2.35. The lowest BCUT2D eigenvalue weighted by Crippen LogP contribution is -2.51. The van der Waals surface area contributed by atoms with Gasteiger partial charge in [0.05, 0.1) is 53.6 Å². The molecule has 0 heterocycles. The van der Waals surface area contributed by atoms with E-state index < -0.39 is 5.91 Å². The van der Waals surface area contributed by atoms with Gasteiger partial charge in [0.25, 0.3) is 0 Å². The van der Waals surface area contributed by atoms with Gasteiger partial charge in [0.1, 0.15) is 17.2 Å². The van der Waals surface area contributed by atoms with Gasteiger partial charge in [0, 0.05) is 30.0 Å². The van der Waals surface area contributed by atoms with Gasteiger partial charge < -0.3 is 33.5 Å². The standard InChI is InChI=1S/C27H36N2O7/c1-8-29(9-2,10-3)18-27(31)36-25-15-19(11-13-22(25)33-5)28-26(30)14-12-21-23(34-6)16-20(32-4)17-24(21)35-7/h11-17H,8-10,18H2,1-7H3/p+1/b14-12+. The van der Waals surface area contributed by atoms with Crippen molar-refractivity contribution in [3.63, 3.8) is 0 Å². The molecule has 2 rings (SSSR count). The number of benzene rings is 2. The number of quaternary nitrogens is 1. The first kappa shape index (κ1) is 28.5. The van der Waals surface area contributed by atoms with Gasteiger partial charge in [-0.25, -0.2) is 4.79 Å². The average Bonchev–Trinajstić information content (AvgIpc) is 2.90. The molecule has 9 heteroatoms. The number of amides is 1. The Kier molecular flexibility index (Phi) is 10.6. The number of methoxy groups -OCH3 is 4. The van der Waals surface area contributed by atoms with Crippen LogP contribution in [0.2, 0.25) is 0 Å². The van der Waals surface area contributed by atoms with Crippen molar-refractivity contribution >= 4 is 23.6 Å². The summed E-state index contributed by atoms with van der Waals surface area (Å²) >= 11 is 0. The van der Waals surface area contributed by atoms with E-state index in [1.165, 1.54) is 27.4 Å². The number of hydrogen-bond donors (Lipinski definition) is 1. The van der Waals surface area contributed by atoms with Crippen molar-refractivity contribution in [3.8, 4) is 28.7 Å². The van der Waals surface area contributed by atoms with Crippen molar-refractivity contribution in [3.05, 3.63) is 42.0 Å². The molecular formula is C27H37N2O7+. The van der Waals surface area contributed by atoms with Crippen LogP contribution in [-0.2, 0) is 9.59 Å². The normalized spacial score (nSPS) is 11.2. The summed E-state index contributed by atoms with van der Waals surface area (Å²) in [5.41, 5.74) is 1.04. The van der Waals surface area contributed by atoms with Crippen molar-refractivity contribution in [2.75, 3.05) is 59.9 Å². The molecule has 1 amide bonds. The quantitative estimate of drug-likeness (QED) is 0.191. The number of nitrogens with zero attached hydrogens (tertiary/aromatic N) is 1. The summed E-state index contributed by atoms with van der Waals surface area (Å²) in [5, 5.41) is 2.77. The smallest absolute Gasteiger partial charge is 0.367 e. The van der Waals surface area contributed by atoms with Gasteiger partial charge >= 0.3 is 5.97 Å². The molecule has 0 saturated heterocycles. The van der Waals surface area contributed by atoms with Gasteiger partial charge in [-0.3, -0.25) is 4.79 Å². The van der Waals surface area contributed by atoms with Crippen LogP contribution < -0.4 is 29.0 Å². The third-order valence-corrected chi connectivity index (χ3v) is 6.29. The fourth-order valence-corrected chi connectivity index (χ4v) is 3.81. The van der Waals surface area contributed by atoms with Crippen LogP contribution in [0.25, 0.3) is 6.08 Å². The molecule has 0 aromatic heterocycles. The van der Waals surface area contributed by atoms with Gasteiger partial charge in [-0.2, -0.15) is 0 Å². The van der Waals surface area contributed by atoms with Crippen LogP contribution in [0.3, 0.4) is 0 Å². The number of rotatable bonds is 13. The fourth-order valence-electron chi connectivity index (χ4n) is 3.81. The molecule has 0 spiro atoms. The number of carbonyl (C=O) groups is 2. The highest BCUT2D eigenvalue weighted by Gasteiger charge is 2.26. The minimum absolute atomic E-state index is 0.240. The number of esters is 1. The predicted octanol–water partition coefficient (Wildman–Crippen LogP) is 4.15. The minimum atomic E-state index is -0.393. The molecular weight excluding hydrogens is 464 g/mol. The molecule has 0 fully saturated rings. The highest BCUT2D eigenvalue weighted by atomic mass is 16.6. The van der Waals surface area contributed by atoms with Crippen molar-refractivity contribution in [2.45, 2.75) is 20.8 Å². The van der Waals surface area contributed by atoms with Crippen molar-refractivity contribution < 1.29 is 37.8 Å². The predicted molar refractivity (Wildman–Crippen MR) is 139 cm³/mol. The Balaban J connectivity index is 2.21. The van der Waals surface area contributed by atoms with E-state index in [9.17, 15) is 9.59 Å². The maximum absolute atomic E-state index is 12.7. The molecule has 0 aliphatic rings. The van der Waals surface area contributed by atoms with Gasteiger partial charge in [0.2, 0.25) is 5.91 Å². The van der Waals surface area contributed by atoms with Crippen molar-refractivity contribution in [2.24, 2.45) is 0 Å². The minimum Gasteiger partial charge on any atom is -0.496 e. The monoisotopic (exact) mass is 501 g/mol. The van der Waals surface area contributed by atoms with Gasteiger partial charge in [-0.1, -0.05) is 0 Å². The van der Waals surface area contributed by atoms with Gasteiger partial charge in [0.15, 0.2) is 18.0 Å². The zero-order chi connectivity index (χ0) is 26.7. The van der Waals surface area contributed by atoms with Crippen LogP contribution in [0.5, 0.6) is 28.7 Å². The van der Waals surface area contributed by atoms with Gasteiger partial charge in [-0.15, -0.1) is 0 Å². The number of nitrogens with one attached hydrogen (secondary N) is 1. The lowest BCUT2D eigenvalue weighted by molar-refractivity contribution is -0.916. The molecule has 0 aliphatic carbocycles. The molecule has 0 unspecified atom stereocenters.